The van der Waals surface area contributed by atoms with E-state index in [0.29, 0.717) is 0 Å². The molecular formula is C11H19LiNO7PS. The molecule has 0 fully saturated rings. The van der Waals surface area contributed by atoms with E-state index in [1.807, 2.05) is 0 Å². The average molecular weight is 347 g/mol. The van der Waals surface area contributed by atoms with Gasteiger partial charge in [-0.1, -0.05) is 6.07 Å². The quantitative estimate of drug-likeness (QED) is 0.331. The Morgan fingerprint density at radius 2 is 1.91 bits per heavy atom. The normalized spacial score (nSPS) is 14.9. The van der Waals surface area contributed by atoms with Crippen molar-refractivity contribution in [3.05, 3.63) is 30.1 Å². The van der Waals surface area contributed by atoms with Crippen LogP contribution in [0.3, 0.4) is 0 Å². The molecule has 0 aliphatic carbocycles. The molecule has 11 heteroatoms. The van der Waals surface area contributed by atoms with Crippen LogP contribution in [0.5, 0.6) is 0 Å². The first-order chi connectivity index (χ1) is 9.68. The van der Waals surface area contributed by atoms with E-state index in [0.717, 1.165) is 6.20 Å². The Kier molecular flexibility index (Phi) is 8.48. The van der Waals surface area contributed by atoms with E-state index < -0.39 is 28.8 Å². The first-order valence-electron chi connectivity index (χ1n) is 6.16. The molecule has 1 aromatic heterocycles. The number of pyridine rings is 1. The Morgan fingerprint density at radius 3 is 2.27 bits per heavy atom. The van der Waals surface area contributed by atoms with Gasteiger partial charge >= 0.3 is 26.5 Å². The molecule has 8 nitrogen and oxygen atoms in total. The number of nitrogens with zero attached hydrogens (tertiary/aromatic N) is 1. The van der Waals surface area contributed by atoms with Crippen LogP contribution in [-0.2, 0) is 29.1 Å². The molecule has 0 bridgehead atoms. The summed E-state index contributed by atoms with van der Waals surface area (Å²) >= 11 is 0. The van der Waals surface area contributed by atoms with E-state index in [1.54, 1.807) is 0 Å². The van der Waals surface area contributed by atoms with Crippen molar-refractivity contribution < 1.29 is 52.0 Å². The van der Waals surface area contributed by atoms with E-state index in [9.17, 15) is 18.1 Å². The van der Waals surface area contributed by atoms with Crippen LogP contribution in [0.15, 0.2) is 24.5 Å². The predicted octanol–water partition coefficient (Wildman–Crippen LogP) is -1.50. The monoisotopic (exact) mass is 347 g/mol. The minimum atomic E-state index is -4.66. The number of hydrogen-bond acceptors (Lipinski definition) is 7. The van der Waals surface area contributed by atoms with Gasteiger partial charge < -0.3 is 15.6 Å². The van der Waals surface area contributed by atoms with Gasteiger partial charge in [0.1, 0.15) is 5.75 Å². The molecule has 1 aromatic rings. The van der Waals surface area contributed by atoms with Crippen molar-refractivity contribution in [3.63, 3.8) is 0 Å². The van der Waals surface area contributed by atoms with E-state index in [4.69, 9.17) is 13.6 Å². The van der Waals surface area contributed by atoms with Gasteiger partial charge in [-0.2, -0.15) is 8.42 Å². The van der Waals surface area contributed by atoms with Gasteiger partial charge in [0.25, 0.3) is 10.1 Å². The summed E-state index contributed by atoms with van der Waals surface area (Å²) in [6.45, 7) is 2.88. The Hall–Kier alpha value is -0.233. The molecule has 1 rings (SSSR count). The molecule has 22 heavy (non-hydrogen) atoms. The number of aliphatic hydroxyl groups is 1. The van der Waals surface area contributed by atoms with Crippen molar-refractivity contribution >= 4 is 17.7 Å². The van der Waals surface area contributed by atoms with Gasteiger partial charge in [0.05, 0.1) is 13.2 Å². The van der Waals surface area contributed by atoms with E-state index in [1.165, 1.54) is 32.2 Å². The zero-order valence-corrected chi connectivity index (χ0v) is 14.4. The molecule has 0 saturated heterocycles. The van der Waals surface area contributed by atoms with Crippen molar-refractivity contribution in [2.75, 3.05) is 19.0 Å². The summed E-state index contributed by atoms with van der Waals surface area (Å²) in [5, 5.41) is 8.15. The van der Waals surface area contributed by atoms with Crippen LogP contribution in [-0.4, -0.2) is 42.0 Å². The first-order valence-corrected chi connectivity index (χ1v) is 9.31. The zero-order valence-electron chi connectivity index (χ0n) is 13.7. The van der Waals surface area contributed by atoms with Crippen molar-refractivity contribution in [3.8, 4) is 0 Å². The van der Waals surface area contributed by atoms with Crippen LogP contribution in [0.1, 0.15) is 20.8 Å². The number of aromatic nitrogens is 1. The summed E-state index contributed by atoms with van der Waals surface area (Å²) in [4.78, 5) is 3.75. The van der Waals surface area contributed by atoms with Crippen molar-refractivity contribution in [2.45, 2.75) is 19.2 Å². The first kappa shape index (κ1) is 21.8. The van der Waals surface area contributed by atoms with Gasteiger partial charge in [-0.3, -0.25) is 14.1 Å². The molecule has 2 N–H and O–H groups in total. The second-order valence-corrected chi connectivity index (χ2v) is 7.82. The average Bonchev–Trinajstić information content (AvgIpc) is 2.38. The Balaban J connectivity index is 0. The summed E-state index contributed by atoms with van der Waals surface area (Å²) in [6.07, 6.45) is 2.53. The maximum atomic E-state index is 12.8. The van der Waals surface area contributed by atoms with Crippen molar-refractivity contribution in [1.29, 1.82) is 0 Å². The largest absolute Gasteiger partial charge is 1.00 e. The number of rotatable bonds is 8. The maximum Gasteiger partial charge on any atom is 1.00 e. The summed E-state index contributed by atoms with van der Waals surface area (Å²) in [7, 11) is -8.94. The van der Waals surface area contributed by atoms with Gasteiger partial charge in [0.15, 0.2) is 0 Å². The Morgan fingerprint density at radius 1 is 1.36 bits per heavy atom. The molecule has 0 aliphatic rings. The SMILES string of the molecule is CCOP(=O)(OCC)C(O)(CS(=O)(=O)O)c1cccnc1.[H-].[Li+]. The second kappa shape index (κ2) is 8.57. The Bertz CT molecular complexity index is 608. The molecule has 0 aromatic carbocycles. The van der Waals surface area contributed by atoms with Gasteiger partial charge in [-0.25, -0.2) is 0 Å². The number of hydrogen-bond donors (Lipinski definition) is 2. The van der Waals surface area contributed by atoms with Gasteiger partial charge in [0.2, 0.25) is 5.34 Å². The predicted molar refractivity (Wildman–Crippen MR) is 76.5 cm³/mol. The van der Waals surface area contributed by atoms with Gasteiger partial charge in [-0.15, -0.1) is 0 Å². The van der Waals surface area contributed by atoms with Crippen molar-refractivity contribution in [1.82, 2.24) is 4.98 Å². The van der Waals surface area contributed by atoms with E-state index >= 15 is 0 Å². The molecule has 1 heterocycles. The fraction of sp³-hybridized carbons (Fsp3) is 0.545. The van der Waals surface area contributed by atoms with Crippen molar-refractivity contribution in [2.24, 2.45) is 0 Å². The van der Waals surface area contributed by atoms with Crippen LogP contribution in [0.2, 0.25) is 0 Å². The standard InChI is InChI=1S/C11H18NO7PS.Li.H/c1-3-18-20(14,19-4-2)11(13,9-21(15,16)17)10-6-5-7-12-8-10;;/h5-8,13H,3-4,9H2,1-2H3,(H,15,16,17);;/q;+1;-1. The van der Waals surface area contributed by atoms with Crippen LogP contribution in [0.25, 0.3) is 0 Å². The second-order valence-electron chi connectivity index (χ2n) is 4.12. The molecule has 0 spiro atoms. The molecule has 1 atom stereocenters. The van der Waals surface area contributed by atoms with Crippen LogP contribution in [0.4, 0.5) is 0 Å². The molecule has 122 valence electrons. The van der Waals surface area contributed by atoms with Crippen LogP contribution >= 0.6 is 7.60 Å². The third kappa shape index (κ3) is 5.15. The summed E-state index contributed by atoms with van der Waals surface area (Å²) in [5.41, 5.74) is -0.0899. The summed E-state index contributed by atoms with van der Waals surface area (Å²) in [5.74, 6) is -1.23. The van der Waals surface area contributed by atoms with E-state index in [-0.39, 0.29) is 39.1 Å². The molecular weight excluding hydrogens is 328 g/mol. The van der Waals surface area contributed by atoms with Crippen LogP contribution < -0.4 is 18.9 Å². The molecule has 0 saturated carbocycles. The molecule has 1 unspecified atom stereocenters. The van der Waals surface area contributed by atoms with E-state index in [2.05, 4.69) is 4.98 Å². The summed E-state index contributed by atoms with van der Waals surface area (Å²) in [6, 6.07) is 2.75. The van der Waals surface area contributed by atoms with Crippen LogP contribution in [0, 0.1) is 0 Å². The molecule has 0 radical (unpaired) electrons. The van der Waals surface area contributed by atoms with Gasteiger partial charge in [-0.05, 0) is 19.9 Å². The minimum absolute atomic E-state index is 0. The topological polar surface area (TPSA) is 123 Å². The fourth-order valence-electron chi connectivity index (χ4n) is 1.77. The maximum absolute atomic E-state index is 12.8. The minimum Gasteiger partial charge on any atom is -1.00 e. The van der Waals surface area contributed by atoms with Gasteiger partial charge in [0, 0.05) is 18.0 Å². The summed E-state index contributed by atoms with van der Waals surface area (Å²) < 4.78 is 54.4. The third-order valence-electron chi connectivity index (χ3n) is 2.56. The smallest absolute Gasteiger partial charge is 1.00 e. The zero-order chi connectivity index (χ0) is 16.1. The Labute approximate surface area is 143 Å². The molecule has 0 amide bonds. The molecule has 0 aliphatic heterocycles. The fourth-order valence-corrected chi connectivity index (χ4v) is 5.19. The third-order valence-corrected chi connectivity index (χ3v) is 6.07.